The lowest BCUT2D eigenvalue weighted by Gasteiger charge is -2.06. The summed E-state index contributed by atoms with van der Waals surface area (Å²) >= 11 is 0. The summed E-state index contributed by atoms with van der Waals surface area (Å²) in [6.45, 7) is 6.86. The molecule has 0 saturated heterocycles. The van der Waals surface area contributed by atoms with Crippen molar-refractivity contribution in [2.45, 2.75) is 39.7 Å². The Kier molecular flexibility index (Phi) is 6.21. The number of hydrogen-bond donors (Lipinski definition) is 3. The average molecular weight is 253 g/mol. The van der Waals surface area contributed by atoms with Gasteiger partial charge >= 0.3 is 0 Å². The van der Waals surface area contributed by atoms with Crippen molar-refractivity contribution in [3.63, 3.8) is 0 Å². The van der Waals surface area contributed by atoms with Gasteiger partial charge in [0.25, 0.3) is 0 Å². The van der Waals surface area contributed by atoms with E-state index >= 15 is 0 Å². The Morgan fingerprint density at radius 3 is 2.78 bits per heavy atom. The Bertz CT molecular complexity index is 386. The van der Waals surface area contributed by atoms with E-state index in [2.05, 4.69) is 28.6 Å². The minimum Gasteiger partial charge on any atom is -0.409 e. The highest BCUT2D eigenvalue weighted by atomic mass is 16.4. The van der Waals surface area contributed by atoms with Gasteiger partial charge in [-0.25, -0.2) is 0 Å². The monoisotopic (exact) mass is 253 g/mol. The van der Waals surface area contributed by atoms with Gasteiger partial charge in [0.15, 0.2) is 0 Å². The first-order valence-electron chi connectivity index (χ1n) is 6.31. The topological polar surface area (TPSA) is 88.5 Å². The highest BCUT2D eigenvalue weighted by molar-refractivity contribution is 5.79. The van der Waals surface area contributed by atoms with Crippen molar-refractivity contribution in [2.75, 3.05) is 13.1 Å². The summed E-state index contributed by atoms with van der Waals surface area (Å²) in [5.41, 5.74) is 7.65. The van der Waals surface area contributed by atoms with Crippen LogP contribution in [0.3, 0.4) is 0 Å². The maximum atomic E-state index is 8.36. The third-order valence-electron chi connectivity index (χ3n) is 2.74. The van der Waals surface area contributed by atoms with Gasteiger partial charge in [-0.2, -0.15) is 5.10 Å². The van der Waals surface area contributed by atoms with Crippen LogP contribution in [-0.2, 0) is 6.54 Å². The van der Waals surface area contributed by atoms with Gasteiger partial charge in [0.2, 0.25) is 0 Å². The lowest BCUT2D eigenvalue weighted by Crippen LogP contribution is -2.21. The molecule has 0 aliphatic rings. The van der Waals surface area contributed by atoms with Gasteiger partial charge in [0.1, 0.15) is 5.84 Å². The highest BCUT2D eigenvalue weighted by Crippen LogP contribution is 2.02. The fourth-order valence-corrected chi connectivity index (χ4v) is 1.82. The lowest BCUT2D eigenvalue weighted by atomic mass is 10.3. The molecule has 102 valence electrons. The number of oxime groups is 1. The first-order chi connectivity index (χ1) is 8.63. The molecule has 1 heterocycles. The van der Waals surface area contributed by atoms with Crippen molar-refractivity contribution in [1.29, 1.82) is 0 Å². The molecule has 0 amide bonds. The van der Waals surface area contributed by atoms with Crippen LogP contribution in [0.2, 0.25) is 0 Å². The van der Waals surface area contributed by atoms with E-state index in [1.54, 1.807) is 0 Å². The predicted octanol–water partition coefficient (Wildman–Crippen LogP) is 1.01. The number of nitrogens with zero attached hydrogens (tertiary/aromatic N) is 3. The molecule has 6 heteroatoms. The molecule has 0 radical (unpaired) electrons. The number of rotatable bonds is 8. The summed E-state index contributed by atoms with van der Waals surface area (Å²) < 4.78 is 2.04. The third kappa shape index (κ3) is 5.18. The van der Waals surface area contributed by atoms with Crippen LogP contribution < -0.4 is 11.1 Å². The van der Waals surface area contributed by atoms with Gasteiger partial charge in [-0.3, -0.25) is 4.68 Å². The van der Waals surface area contributed by atoms with Crippen LogP contribution in [0, 0.1) is 13.8 Å². The minimum absolute atomic E-state index is 0.291. The van der Waals surface area contributed by atoms with Gasteiger partial charge in [0, 0.05) is 18.7 Å². The number of nitrogens with one attached hydrogen (secondary N) is 1. The molecule has 0 aromatic carbocycles. The molecule has 0 unspecified atom stereocenters. The van der Waals surface area contributed by atoms with Crippen molar-refractivity contribution in [2.24, 2.45) is 10.9 Å². The van der Waals surface area contributed by atoms with Crippen LogP contribution in [0.15, 0.2) is 11.2 Å². The Morgan fingerprint density at radius 2 is 2.17 bits per heavy atom. The Hall–Kier alpha value is -1.56. The molecule has 0 spiro atoms. The van der Waals surface area contributed by atoms with Crippen LogP contribution in [0.25, 0.3) is 0 Å². The molecule has 0 bridgehead atoms. The fraction of sp³-hybridized carbons (Fsp3) is 0.667. The number of nitrogens with two attached hydrogens (primary N) is 1. The van der Waals surface area contributed by atoms with E-state index in [4.69, 9.17) is 10.9 Å². The molecule has 4 N–H and O–H groups in total. The number of amidine groups is 1. The zero-order valence-corrected chi connectivity index (χ0v) is 11.2. The summed E-state index contributed by atoms with van der Waals surface area (Å²) in [6.07, 6.45) is 2.56. The molecule has 0 atom stereocenters. The van der Waals surface area contributed by atoms with Gasteiger partial charge in [-0.15, -0.1) is 0 Å². The normalized spacial score (nSPS) is 12.0. The molecule has 18 heavy (non-hydrogen) atoms. The predicted molar refractivity (Wildman–Crippen MR) is 71.8 cm³/mol. The smallest absolute Gasteiger partial charge is 0.139 e. The van der Waals surface area contributed by atoms with E-state index in [0.29, 0.717) is 12.3 Å². The maximum Gasteiger partial charge on any atom is 0.139 e. The van der Waals surface area contributed by atoms with E-state index in [1.807, 2.05) is 11.6 Å². The average Bonchev–Trinajstić information content (AvgIpc) is 2.66. The van der Waals surface area contributed by atoms with Crippen LogP contribution in [0.5, 0.6) is 0 Å². The third-order valence-corrected chi connectivity index (χ3v) is 2.74. The summed E-state index contributed by atoms with van der Waals surface area (Å²) in [5, 5.41) is 19.0. The van der Waals surface area contributed by atoms with Gasteiger partial charge in [0.05, 0.1) is 5.69 Å². The molecular formula is C12H23N5O. The molecular weight excluding hydrogens is 230 g/mol. The van der Waals surface area contributed by atoms with Gasteiger partial charge < -0.3 is 16.3 Å². The molecule has 0 aliphatic heterocycles. The molecule has 1 aromatic rings. The summed E-state index contributed by atoms with van der Waals surface area (Å²) in [6, 6.07) is 2.09. The molecule has 6 nitrogen and oxygen atoms in total. The second-order valence-corrected chi connectivity index (χ2v) is 4.45. The van der Waals surface area contributed by atoms with Crippen LogP contribution in [0.1, 0.15) is 30.7 Å². The minimum atomic E-state index is 0.291. The second-order valence-electron chi connectivity index (χ2n) is 4.45. The van der Waals surface area contributed by atoms with Crippen molar-refractivity contribution in [1.82, 2.24) is 15.1 Å². The summed E-state index contributed by atoms with van der Waals surface area (Å²) in [5.74, 6) is 0.291. The van der Waals surface area contributed by atoms with E-state index in [1.165, 1.54) is 5.69 Å². The number of hydrogen-bond acceptors (Lipinski definition) is 4. The van der Waals surface area contributed by atoms with E-state index in [9.17, 15) is 0 Å². The Morgan fingerprint density at radius 1 is 1.44 bits per heavy atom. The van der Waals surface area contributed by atoms with Crippen molar-refractivity contribution in [3.8, 4) is 0 Å². The molecule has 1 aromatic heterocycles. The number of aryl methyl sites for hydroxylation is 3. The van der Waals surface area contributed by atoms with E-state index in [-0.39, 0.29) is 0 Å². The van der Waals surface area contributed by atoms with Gasteiger partial charge in [-0.1, -0.05) is 5.16 Å². The van der Waals surface area contributed by atoms with Crippen molar-refractivity contribution in [3.05, 3.63) is 17.5 Å². The zero-order chi connectivity index (χ0) is 13.4. The Balaban J connectivity index is 2.04. The van der Waals surface area contributed by atoms with E-state index in [0.717, 1.165) is 38.2 Å². The molecule has 0 aliphatic carbocycles. The Labute approximate surface area is 108 Å². The largest absolute Gasteiger partial charge is 0.409 e. The first-order valence-corrected chi connectivity index (χ1v) is 6.31. The van der Waals surface area contributed by atoms with Gasteiger partial charge in [-0.05, 0) is 45.8 Å². The quantitative estimate of drug-likeness (QED) is 0.212. The molecule has 1 rings (SSSR count). The summed E-state index contributed by atoms with van der Waals surface area (Å²) in [7, 11) is 0. The van der Waals surface area contributed by atoms with Crippen molar-refractivity contribution < 1.29 is 5.21 Å². The number of aromatic nitrogens is 2. The first kappa shape index (κ1) is 14.5. The standard InChI is InChI=1S/C12H23N5O/c1-10-9-11(2)17(15-10)8-4-7-14-6-3-5-12(13)16-18/h9,14,18H,3-8H2,1-2H3,(H2,13,16). The highest BCUT2D eigenvalue weighted by Gasteiger charge is 1.99. The second kappa shape index (κ2) is 7.71. The SMILES string of the molecule is Cc1cc(C)n(CCCNCCC/C(N)=N/O)n1. The van der Waals surface area contributed by atoms with Crippen LogP contribution in [0.4, 0.5) is 0 Å². The lowest BCUT2D eigenvalue weighted by molar-refractivity contribution is 0.316. The molecule has 0 fully saturated rings. The zero-order valence-electron chi connectivity index (χ0n) is 11.2. The fourth-order valence-electron chi connectivity index (χ4n) is 1.82. The van der Waals surface area contributed by atoms with Crippen LogP contribution >= 0.6 is 0 Å². The van der Waals surface area contributed by atoms with Crippen LogP contribution in [-0.4, -0.2) is 33.9 Å². The maximum absolute atomic E-state index is 8.36. The van der Waals surface area contributed by atoms with E-state index < -0.39 is 0 Å². The molecule has 0 saturated carbocycles. The van der Waals surface area contributed by atoms with Crippen molar-refractivity contribution >= 4 is 5.84 Å². The summed E-state index contributed by atoms with van der Waals surface area (Å²) in [4.78, 5) is 0.